The number of allylic oxidation sites excluding steroid dienone is 1. The van der Waals surface area contributed by atoms with Crippen molar-refractivity contribution in [1.29, 1.82) is 0 Å². The highest BCUT2D eigenvalue weighted by Crippen LogP contribution is 2.37. The quantitative estimate of drug-likeness (QED) is 0.558. The van der Waals surface area contributed by atoms with Gasteiger partial charge < -0.3 is 14.6 Å². The summed E-state index contributed by atoms with van der Waals surface area (Å²) in [4.78, 5) is 0. The van der Waals surface area contributed by atoms with Gasteiger partial charge in [-0.1, -0.05) is 93.6 Å². The molecule has 150 valence electrons. The molecule has 3 rings (SSSR count). The third-order valence-electron chi connectivity index (χ3n) is 5.91. The molecule has 0 saturated heterocycles. The van der Waals surface area contributed by atoms with Gasteiger partial charge in [0.15, 0.2) is 0 Å². The number of benzene rings is 2. The lowest BCUT2D eigenvalue weighted by Gasteiger charge is -2.43. The second-order valence-corrected chi connectivity index (χ2v) is 13.0. The van der Waals surface area contributed by atoms with Gasteiger partial charge in [0.25, 0.3) is 8.32 Å². The van der Waals surface area contributed by atoms with Crippen molar-refractivity contribution >= 4 is 18.7 Å². The molecule has 0 amide bonds. The standard InChI is InChI=1S/C24H32O3Si/c1-24(2,3)28(20-12-6-4-7-13-20,21-14-8-5-9-15-21)27-18-23(26)22-16-10-11-19(22)17-25/h4-10,12-16,19,22-23,25-26H,11,17-18H2,1-3H3/t19-,22+,23-/m1/s1. The maximum absolute atomic E-state index is 10.9. The Hall–Kier alpha value is -1.72. The Morgan fingerprint density at radius 3 is 2.00 bits per heavy atom. The molecule has 4 heteroatoms. The summed E-state index contributed by atoms with van der Waals surface area (Å²) in [7, 11) is -2.64. The van der Waals surface area contributed by atoms with Gasteiger partial charge in [0, 0.05) is 12.5 Å². The van der Waals surface area contributed by atoms with Gasteiger partial charge in [-0.15, -0.1) is 0 Å². The molecular weight excluding hydrogens is 364 g/mol. The van der Waals surface area contributed by atoms with E-state index in [2.05, 4.69) is 75.4 Å². The van der Waals surface area contributed by atoms with Gasteiger partial charge in [0.2, 0.25) is 0 Å². The maximum atomic E-state index is 10.9. The summed E-state index contributed by atoms with van der Waals surface area (Å²) in [5.74, 6) is 0.0287. The van der Waals surface area contributed by atoms with Crippen molar-refractivity contribution in [1.82, 2.24) is 0 Å². The van der Waals surface area contributed by atoms with E-state index in [1.165, 1.54) is 10.4 Å². The summed E-state index contributed by atoms with van der Waals surface area (Å²) in [6.07, 6.45) is 4.27. The molecule has 0 bridgehead atoms. The largest absolute Gasteiger partial charge is 0.405 e. The fraction of sp³-hybridized carbons (Fsp3) is 0.417. The Balaban J connectivity index is 1.98. The molecule has 28 heavy (non-hydrogen) atoms. The predicted molar refractivity (Wildman–Crippen MR) is 117 cm³/mol. The molecule has 0 aliphatic heterocycles. The highest BCUT2D eigenvalue weighted by Gasteiger charge is 2.50. The lowest BCUT2D eigenvalue weighted by molar-refractivity contribution is 0.0393. The number of aliphatic hydroxyl groups excluding tert-OH is 2. The lowest BCUT2D eigenvalue weighted by atomic mass is 9.91. The van der Waals surface area contributed by atoms with Crippen molar-refractivity contribution in [3.63, 3.8) is 0 Å². The molecule has 0 heterocycles. The summed E-state index contributed by atoms with van der Waals surface area (Å²) >= 11 is 0. The van der Waals surface area contributed by atoms with E-state index in [-0.39, 0.29) is 30.1 Å². The Morgan fingerprint density at radius 1 is 1.00 bits per heavy atom. The van der Waals surface area contributed by atoms with E-state index >= 15 is 0 Å². The third-order valence-corrected chi connectivity index (χ3v) is 10.9. The van der Waals surface area contributed by atoms with Gasteiger partial charge in [0.05, 0.1) is 12.7 Å². The molecule has 2 aromatic carbocycles. The number of aliphatic hydroxyl groups is 2. The van der Waals surface area contributed by atoms with Gasteiger partial charge in [-0.05, 0) is 27.8 Å². The van der Waals surface area contributed by atoms with Crippen LogP contribution in [-0.4, -0.2) is 37.8 Å². The van der Waals surface area contributed by atoms with Crippen LogP contribution in [-0.2, 0) is 4.43 Å². The summed E-state index contributed by atoms with van der Waals surface area (Å²) in [6, 6.07) is 20.9. The molecule has 3 nitrogen and oxygen atoms in total. The minimum Gasteiger partial charge on any atom is -0.405 e. The van der Waals surface area contributed by atoms with Crippen LogP contribution in [0.2, 0.25) is 5.04 Å². The first-order valence-electron chi connectivity index (χ1n) is 10.1. The zero-order valence-electron chi connectivity index (χ0n) is 17.1. The molecule has 0 spiro atoms. The molecule has 0 fully saturated rings. The topological polar surface area (TPSA) is 49.7 Å². The number of rotatable bonds is 7. The molecule has 0 aromatic heterocycles. The fourth-order valence-electron chi connectivity index (χ4n) is 4.45. The second kappa shape index (κ2) is 8.74. The normalized spacial score (nSPS) is 21.0. The van der Waals surface area contributed by atoms with Gasteiger partial charge in [-0.3, -0.25) is 0 Å². The van der Waals surface area contributed by atoms with E-state index in [0.717, 1.165) is 6.42 Å². The van der Waals surface area contributed by atoms with Crippen LogP contribution in [0.5, 0.6) is 0 Å². The zero-order chi connectivity index (χ0) is 20.2. The molecule has 1 aliphatic carbocycles. The van der Waals surface area contributed by atoms with Crippen molar-refractivity contribution in [3.05, 3.63) is 72.8 Å². The molecule has 3 atom stereocenters. The average Bonchev–Trinajstić information content (AvgIpc) is 3.18. The predicted octanol–water partition coefficient (Wildman–Crippen LogP) is 3.11. The Morgan fingerprint density at radius 2 is 1.54 bits per heavy atom. The van der Waals surface area contributed by atoms with Crippen molar-refractivity contribution in [2.45, 2.75) is 38.3 Å². The van der Waals surface area contributed by atoms with Crippen LogP contribution >= 0.6 is 0 Å². The average molecular weight is 397 g/mol. The second-order valence-electron chi connectivity index (χ2n) is 8.73. The van der Waals surface area contributed by atoms with E-state index in [1.807, 2.05) is 18.2 Å². The minimum atomic E-state index is -2.64. The van der Waals surface area contributed by atoms with Crippen LogP contribution in [0.25, 0.3) is 0 Å². The third kappa shape index (κ3) is 4.01. The monoisotopic (exact) mass is 396 g/mol. The van der Waals surface area contributed by atoms with Crippen molar-refractivity contribution in [3.8, 4) is 0 Å². The summed E-state index contributed by atoms with van der Waals surface area (Å²) < 4.78 is 6.81. The van der Waals surface area contributed by atoms with Gasteiger partial charge in [-0.25, -0.2) is 0 Å². The van der Waals surface area contributed by atoms with Gasteiger partial charge in [-0.2, -0.15) is 0 Å². The van der Waals surface area contributed by atoms with Crippen molar-refractivity contribution in [2.75, 3.05) is 13.2 Å². The highest BCUT2D eigenvalue weighted by atomic mass is 28.4. The maximum Gasteiger partial charge on any atom is 0.261 e. The van der Waals surface area contributed by atoms with Crippen LogP contribution in [0.1, 0.15) is 27.2 Å². The SMILES string of the molecule is CC(C)(C)[Si](OC[C@@H](O)[C@H]1C=CC[C@@H]1CO)(c1ccccc1)c1ccccc1. The smallest absolute Gasteiger partial charge is 0.261 e. The summed E-state index contributed by atoms with van der Waals surface area (Å²) in [5, 5.41) is 22.8. The van der Waals surface area contributed by atoms with Gasteiger partial charge >= 0.3 is 0 Å². The van der Waals surface area contributed by atoms with Gasteiger partial charge in [0.1, 0.15) is 0 Å². The molecule has 0 radical (unpaired) electrons. The first-order valence-corrected chi connectivity index (χ1v) is 12.0. The zero-order valence-corrected chi connectivity index (χ0v) is 18.1. The van der Waals surface area contributed by atoms with Crippen molar-refractivity contribution < 1.29 is 14.6 Å². The highest BCUT2D eigenvalue weighted by molar-refractivity contribution is 6.99. The summed E-state index contributed by atoms with van der Waals surface area (Å²) in [6.45, 7) is 7.06. The van der Waals surface area contributed by atoms with Crippen LogP contribution in [0.15, 0.2) is 72.8 Å². The Kier molecular flexibility index (Phi) is 6.56. The van der Waals surface area contributed by atoms with E-state index in [4.69, 9.17) is 4.43 Å². The molecule has 1 aliphatic rings. The summed E-state index contributed by atoms with van der Waals surface area (Å²) in [5.41, 5.74) is 0. The van der Waals surface area contributed by atoms with Crippen LogP contribution < -0.4 is 10.4 Å². The molecular formula is C24H32O3Si. The van der Waals surface area contributed by atoms with E-state index in [1.54, 1.807) is 0 Å². The fourth-order valence-corrected chi connectivity index (χ4v) is 9.02. The minimum absolute atomic E-state index is 0.0526. The molecule has 2 aromatic rings. The Bertz CT molecular complexity index is 728. The molecule has 0 unspecified atom stereocenters. The van der Waals surface area contributed by atoms with Crippen molar-refractivity contribution in [2.24, 2.45) is 11.8 Å². The van der Waals surface area contributed by atoms with E-state index in [0.29, 0.717) is 0 Å². The molecule has 0 saturated carbocycles. The van der Waals surface area contributed by atoms with Crippen LogP contribution in [0.4, 0.5) is 0 Å². The van der Waals surface area contributed by atoms with Crippen LogP contribution in [0, 0.1) is 11.8 Å². The van der Waals surface area contributed by atoms with Crippen LogP contribution in [0.3, 0.4) is 0 Å². The number of hydrogen-bond donors (Lipinski definition) is 2. The first-order chi connectivity index (χ1) is 13.4. The first kappa shape index (κ1) is 21.0. The Labute approximate surface area is 169 Å². The molecule has 2 N–H and O–H groups in total. The number of hydrogen-bond acceptors (Lipinski definition) is 3. The lowest BCUT2D eigenvalue weighted by Crippen LogP contribution is -2.67. The van der Waals surface area contributed by atoms with E-state index in [9.17, 15) is 10.2 Å². The van der Waals surface area contributed by atoms with E-state index < -0.39 is 14.4 Å².